The van der Waals surface area contributed by atoms with Crippen LogP contribution in [-0.4, -0.2) is 23.3 Å². The van der Waals surface area contributed by atoms with Gasteiger partial charge in [0.05, 0.1) is 11.9 Å². The molecule has 0 atom stereocenters. The highest BCUT2D eigenvalue weighted by atomic mass is 15.2. The summed E-state index contributed by atoms with van der Waals surface area (Å²) in [6.45, 7) is 6.49. The molecule has 0 N–H and O–H groups in total. The Morgan fingerprint density at radius 2 is 2.00 bits per heavy atom. The predicted molar refractivity (Wildman–Crippen MR) is 53.7 cm³/mol. The number of aromatic nitrogens is 2. The van der Waals surface area contributed by atoms with Crippen LogP contribution in [0.15, 0.2) is 12.3 Å². The van der Waals surface area contributed by atoms with Crippen molar-refractivity contribution in [2.45, 2.75) is 26.7 Å². The van der Waals surface area contributed by atoms with Crippen LogP contribution in [-0.2, 0) is 0 Å². The largest absolute Gasteiger partial charge is 0.370 e. The Bertz CT molecular complexity index is 217. The van der Waals surface area contributed by atoms with Gasteiger partial charge >= 0.3 is 0 Å². The Morgan fingerprint density at radius 3 is 2.46 bits per heavy atom. The van der Waals surface area contributed by atoms with Gasteiger partial charge in [0, 0.05) is 13.1 Å². The van der Waals surface area contributed by atoms with E-state index in [9.17, 15) is 0 Å². The van der Waals surface area contributed by atoms with E-state index in [4.69, 9.17) is 0 Å². The summed E-state index contributed by atoms with van der Waals surface area (Å²) in [7, 11) is 0. The first-order valence-corrected chi connectivity index (χ1v) is 4.82. The zero-order valence-corrected chi connectivity index (χ0v) is 8.32. The van der Waals surface area contributed by atoms with E-state index in [-0.39, 0.29) is 0 Å². The first kappa shape index (κ1) is 9.96. The molecule has 0 aromatic carbocycles. The van der Waals surface area contributed by atoms with Crippen molar-refractivity contribution in [2.75, 3.05) is 18.0 Å². The van der Waals surface area contributed by atoms with E-state index >= 15 is 0 Å². The number of nitrogens with zero attached hydrogens (tertiary/aromatic N) is 3. The highest BCUT2D eigenvalue weighted by Gasteiger charge is 2.03. The molecule has 3 nitrogen and oxygen atoms in total. The van der Waals surface area contributed by atoms with Crippen molar-refractivity contribution < 1.29 is 0 Å². The fourth-order valence-electron chi connectivity index (χ4n) is 1.32. The highest BCUT2D eigenvalue weighted by molar-refractivity contribution is 5.41. The Balaban J connectivity index is 2.64. The van der Waals surface area contributed by atoms with E-state index in [1.807, 2.05) is 6.07 Å². The third-order valence-electron chi connectivity index (χ3n) is 1.85. The van der Waals surface area contributed by atoms with Crippen LogP contribution in [0, 0.1) is 6.20 Å². The monoisotopic (exact) mass is 178 g/mol. The van der Waals surface area contributed by atoms with Gasteiger partial charge in [0.1, 0.15) is 6.20 Å². The van der Waals surface area contributed by atoms with Crippen LogP contribution >= 0.6 is 0 Å². The standard InChI is InChI=1S/C10H16N3/c1-3-7-13(8-4-2)10-5-6-11-12-9-10/h5-6H,3-4,7-8H2,1-2H3. The first-order valence-electron chi connectivity index (χ1n) is 4.82. The van der Waals surface area contributed by atoms with Crippen molar-refractivity contribution in [3.05, 3.63) is 18.5 Å². The predicted octanol–water partition coefficient (Wildman–Crippen LogP) is 1.90. The van der Waals surface area contributed by atoms with Crippen LogP contribution < -0.4 is 4.90 Å². The number of hydrogen-bond acceptors (Lipinski definition) is 3. The maximum atomic E-state index is 3.75. The summed E-state index contributed by atoms with van der Waals surface area (Å²) >= 11 is 0. The third kappa shape index (κ3) is 3.01. The van der Waals surface area contributed by atoms with Crippen molar-refractivity contribution in [3.63, 3.8) is 0 Å². The molecule has 1 aromatic rings. The summed E-state index contributed by atoms with van der Waals surface area (Å²) in [6, 6.07) is 1.96. The SMILES string of the molecule is CCCN(CCC)c1[c]nncc1. The lowest BCUT2D eigenvalue weighted by Gasteiger charge is -2.22. The summed E-state index contributed by atoms with van der Waals surface area (Å²) in [5, 5.41) is 7.47. The molecule has 0 saturated heterocycles. The lowest BCUT2D eigenvalue weighted by molar-refractivity contribution is 0.740. The van der Waals surface area contributed by atoms with Gasteiger partial charge < -0.3 is 4.90 Å². The molecule has 1 aromatic heterocycles. The molecule has 0 bridgehead atoms. The van der Waals surface area contributed by atoms with Crippen LogP contribution in [0.3, 0.4) is 0 Å². The van der Waals surface area contributed by atoms with Crippen LogP contribution in [0.25, 0.3) is 0 Å². The van der Waals surface area contributed by atoms with Crippen molar-refractivity contribution in [1.82, 2.24) is 10.2 Å². The lowest BCUT2D eigenvalue weighted by Crippen LogP contribution is -2.25. The molecule has 71 valence electrons. The minimum Gasteiger partial charge on any atom is -0.370 e. The molecule has 0 aliphatic carbocycles. The van der Waals surface area contributed by atoms with Gasteiger partial charge in [-0.15, -0.1) is 5.10 Å². The zero-order valence-electron chi connectivity index (χ0n) is 8.32. The molecule has 1 rings (SSSR count). The molecule has 0 spiro atoms. The number of anilines is 1. The van der Waals surface area contributed by atoms with Gasteiger partial charge in [-0.1, -0.05) is 13.8 Å². The number of rotatable bonds is 5. The van der Waals surface area contributed by atoms with Crippen molar-refractivity contribution in [1.29, 1.82) is 0 Å². The Labute approximate surface area is 79.8 Å². The Morgan fingerprint density at radius 1 is 1.31 bits per heavy atom. The van der Waals surface area contributed by atoms with Crippen LogP contribution in [0.5, 0.6) is 0 Å². The van der Waals surface area contributed by atoms with E-state index in [1.165, 1.54) is 0 Å². The molecule has 0 fully saturated rings. The van der Waals surface area contributed by atoms with Gasteiger partial charge in [0.2, 0.25) is 0 Å². The van der Waals surface area contributed by atoms with Gasteiger partial charge in [0.25, 0.3) is 0 Å². The summed E-state index contributed by atoms with van der Waals surface area (Å²) in [5.74, 6) is 0. The average molecular weight is 178 g/mol. The topological polar surface area (TPSA) is 29.0 Å². The molecule has 1 radical (unpaired) electrons. The summed E-state index contributed by atoms with van der Waals surface area (Å²) in [4.78, 5) is 2.29. The van der Waals surface area contributed by atoms with Gasteiger partial charge in [-0.2, -0.15) is 5.10 Å². The van der Waals surface area contributed by atoms with Gasteiger partial charge in [0.15, 0.2) is 0 Å². The van der Waals surface area contributed by atoms with Crippen molar-refractivity contribution in [2.24, 2.45) is 0 Å². The second-order valence-electron chi connectivity index (χ2n) is 3.02. The summed E-state index contributed by atoms with van der Waals surface area (Å²) in [5.41, 5.74) is 1.05. The minimum absolute atomic E-state index is 1.05. The van der Waals surface area contributed by atoms with Crippen LogP contribution in [0.2, 0.25) is 0 Å². The maximum Gasteiger partial charge on any atom is 0.139 e. The molecule has 13 heavy (non-hydrogen) atoms. The average Bonchev–Trinajstić information content (AvgIpc) is 2.19. The molecule has 0 amide bonds. The van der Waals surface area contributed by atoms with E-state index in [1.54, 1.807) is 6.20 Å². The van der Waals surface area contributed by atoms with Gasteiger partial charge in [-0.05, 0) is 18.9 Å². The van der Waals surface area contributed by atoms with Crippen LogP contribution in [0.4, 0.5) is 5.69 Å². The molecular formula is C10H16N3. The molecule has 0 saturated carbocycles. The third-order valence-corrected chi connectivity index (χ3v) is 1.85. The molecule has 3 heteroatoms. The normalized spacial score (nSPS) is 10.0. The fourth-order valence-corrected chi connectivity index (χ4v) is 1.32. The second kappa shape index (κ2) is 5.51. The summed E-state index contributed by atoms with van der Waals surface area (Å²) in [6.07, 6.45) is 6.91. The quantitative estimate of drug-likeness (QED) is 0.689. The van der Waals surface area contributed by atoms with Crippen molar-refractivity contribution in [3.8, 4) is 0 Å². The second-order valence-corrected chi connectivity index (χ2v) is 3.02. The lowest BCUT2D eigenvalue weighted by atomic mass is 10.3. The summed E-state index contributed by atoms with van der Waals surface area (Å²) < 4.78 is 0. The van der Waals surface area contributed by atoms with E-state index in [0.717, 1.165) is 31.6 Å². The van der Waals surface area contributed by atoms with Gasteiger partial charge in [-0.3, -0.25) is 0 Å². The highest BCUT2D eigenvalue weighted by Crippen LogP contribution is 2.10. The van der Waals surface area contributed by atoms with Crippen LogP contribution in [0.1, 0.15) is 26.7 Å². The van der Waals surface area contributed by atoms with E-state index in [2.05, 4.69) is 35.1 Å². The van der Waals surface area contributed by atoms with E-state index < -0.39 is 0 Å². The molecule has 1 heterocycles. The number of hydrogen-bond donors (Lipinski definition) is 0. The smallest absolute Gasteiger partial charge is 0.139 e. The minimum atomic E-state index is 1.05. The first-order chi connectivity index (χ1) is 6.38. The molecule has 0 aliphatic heterocycles. The Hall–Kier alpha value is -1.12. The fraction of sp³-hybridized carbons (Fsp3) is 0.600. The van der Waals surface area contributed by atoms with Crippen molar-refractivity contribution >= 4 is 5.69 Å². The Kier molecular flexibility index (Phi) is 4.23. The molecule has 0 unspecified atom stereocenters. The zero-order chi connectivity index (χ0) is 9.52. The molecule has 0 aliphatic rings. The maximum absolute atomic E-state index is 3.75. The van der Waals surface area contributed by atoms with E-state index in [0.29, 0.717) is 0 Å². The van der Waals surface area contributed by atoms with Gasteiger partial charge in [-0.25, -0.2) is 0 Å². The molecular weight excluding hydrogens is 162 g/mol.